The molecular weight excluding hydrogens is 272 g/mol. The maximum Gasteiger partial charge on any atom is 0.0789 e. The number of hydrogen-bond acceptors (Lipinski definition) is 3. The molecule has 1 aromatic heterocycles. The van der Waals surface area contributed by atoms with Crippen LogP contribution in [0.1, 0.15) is 11.3 Å². The topological polar surface area (TPSA) is 33.1 Å². The lowest BCUT2D eigenvalue weighted by molar-refractivity contribution is 0.587. The summed E-state index contributed by atoms with van der Waals surface area (Å²) in [6.07, 6.45) is 2.86. The first-order chi connectivity index (χ1) is 9.74. The zero-order chi connectivity index (χ0) is 13.9. The van der Waals surface area contributed by atoms with Gasteiger partial charge in [0.2, 0.25) is 0 Å². The number of halogens is 1. The first kappa shape index (κ1) is 13.5. The lowest BCUT2D eigenvalue weighted by Gasteiger charge is -2.29. The van der Waals surface area contributed by atoms with Crippen molar-refractivity contribution in [1.29, 1.82) is 0 Å². The number of benzene rings is 1. The smallest absolute Gasteiger partial charge is 0.0789 e. The van der Waals surface area contributed by atoms with Gasteiger partial charge in [-0.15, -0.1) is 0 Å². The Morgan fingerprint density at radius 1 is 1.20 bits per heavy atom. The van der Waals surface area contributed by atoms with Gasteiger partial charge in [0.05, 0.1) is 17.6 Å². The number of aryl methyl sites for hydroxylation is 1. The molecule has 0 amide bonds. The monoisotopic (exact) mass is 290 g/mol. The number of rotatable bonds is 3. The highest BCUT2D eigenvalue weighted by Crippen LogP contribution is 2.23. The van der Waals surface area contributed by atoms with Crippen LogP contribution in [0.25, 0.3) is 0 Å². The molecule has 0 radical (unpaired) electrons. The third-order valence-electron chi connectivity index (χ3n) is 3.78. The van der Waals surface area contributed by atoms with Crippen LogP contribution in [0.3, 0.4) is 0 Å². The third kappa shape index (κ3) is 2.81. The van der Waals surface area contributed by atoms with Crippen LogP contribution >= 0.6 is 11.6 Å². The van der Waals surface area contributed by atoms with Crippen molar-refractivity contribution in [1.82, 2.24) is 15.1 Å². The average Bonchev–Trinajstić information content (AvgIpc) is 2.84. The van der Waals surface area contributed by atoms with E-state index in [9.17, 15) is 0 Å². The molecule has 106 valence electrons. The van der Waals surface area contributed by atoms with Gasteiger partial charge < -0.3 is 10.2 Å². The summed E-state index contributed by atoms with van der Waals surface area (Å²) in [6, 6.07) is 8.04. The Morgan fingerprint density at radius 2 is 1.90 bits per heavy atom. The van der Waals surface area contributed by atoms with Gasteiger partial charge in [0, 0.05) is 44.7 Å². The van der Waals surface area contributed by atoms with Crippen molar-refractivity contribution < 1.29 is 0 Å². The highest BCUT2D eigenvalue weighted by atomic mass is 35.5. The normalized spacial score (nSPS) is 15.6. The molecule has 0 saturated carbocycles. The van der Waals surface area contributed by atoms with E-state index in [4.69, 9.17) is 11.6 Å². The fourth-order valence-corrected chi connectivity index (χ4v) is 2.75. The van der Waals surface area contributed by atoms with Crippen molar-refractivity contribution in [2.45, 2.75) is 6.42 Å². The number of anilines is 1. The molecule has 0 unspecified atom stereocenters. The maximum atomic E-state index is 5.95. The van der Waals surface area contributed by atoms with Crippen molar-refractivity contribution in [3.63, 3.8) is 0 Å². The van der Waals surface area contributed by atoms with Crippen LogP contribution in [0.2, 0.25) is 5.02 Å². The second-order valence-electron chi connectivity index (χ2n) is 5.14. The van der Waals surface area contributed by atoms with E-state index in [1.807, 2.05) is 30.1 Å². The minimum absolute atomic E-state index is 0.779. The van der Waals surface area contributed by atoms with E-state index in [-0.39, 0.29) is 0 Å². The number of nitrogens with one attached hydrogen (secondary N) is 1. The van der Waals surface area contributed by atoms with Crippen LogP contribution in [0.5, 0.6) is 0 Å². The Kier molecular flexibility index (Phi) is 3.94. The standard InChI is InChI=1S/C15H19ClN4/c1-19-14(10-12-2-4-13(16)5-3-12)15(11-18-19)20-8-6-17-7-9-20/h2-5,11,17H,6-10H2,1H3. The molecule has 0 spiro atoms. The van der Waals surface area contributed by atoms with Crippen LogP contribution in [0.15, 0.2) is 30.5 Å². The second-order valence-corrected chi connectivity index (χ2v) is 5.58. The minimum atomic E-state index is 0.779. The van der Waals surface area contributed by atoms with Crippen molar-refractivity contribution in [2.75, 3.05) is 31.1 Å². The van der Waals surface area contributed by atoms with E-state index in [1.165, 1.54) is 16.9 Å². The molecule has 0 atom stereocenters. The van der Waals surface area contributed by atoms with Gasteiger partial charge in [0.15, 0.2) is 0 Å². The minimum Gasteiger partial charge on any atom is -0.366 e. The van der Waals surface area contributed by atoms with E-state index >= 15 is 0 Å². The van der Waals surface area contributed by atoms with Crippen molar-refractivity contribution >= 4 is 17.3 Å². The van der Waals surface area contributed by atoms with Crippen LogP contribution in [-0.4, -0.2) is 36.0 Å². The number of hydrogen-bond donors (Lipinski definition) is 1. The van der Waals surface area contributed by atoms with Crippen LogP contribution in [-0.2, 0) is 13.5 Å². The quantitative estimate of drug-likeness (QED) is 0.939. The van der Waals surface area contributed by atoms with Crippen LogP contribution < -0.4 is 10.2 Å². The summed E-state index contributed by atoms with van der Waals surface area (Å²) < 4.78 is 1.98. The Bertz CT molecular complexity index is 570. The number of nitrogens with zero attached hydrogens (tertiary/aromatic N) is 3. The molecule has 1 N–H and O–H groups in total. The molecule has 2 heterocycles. The summed E-state index contributed by atoms with van der Waals surface area (Å²) in [4.78, 5) is 2.41. The predicted molar refractivity (Wildman–Crippen MR) is 82.5 cm³/mol. The Labute approximate surface area is 124 Å². The SMILES string of the molecule is Cn1ncc(N2CCNCC2)c1Cc1ccc(Cl)cc1. The van der Waals surface area contributed by atoms with Crippen molar-refractivity contribution in [3.8, 4) is 0 Å². The van der Waals surface area contributed by atoms with Gasteiger partial charge in [0.25, 0.3) is 0 Å². The molecule has 1 aliphatic rings. The molecule has 1 aromatic carbocycles. The molecule has 0 bridgehead atoms. The van der Waals surface area contributed by atoms with Gasteiger partial charge in [-0.05, 0) is 17.7 Å². The van der Waals surface area contributed by atoms with E-state index in [0.717, 1.165) is 37.6 Å². The number of aromatic nitrogens is 2. The lowest BCUT2D eigenvalue weighted by atomic mass is 10.1. The third-order valence-corrected chi connectivity index (χ3v) is 4.03. The van der Waals surface area contributed by atoms with Gasteiger partial charge in [-0.2, -0.15) is 5.10 Å². The zero-order valence-corrected chi connectivity index (χ0v) is 12.4. The summed E-state index contributed by atoms with van der Waals surface area (Å²) in [5.74, 6) is 0. The lowest BCUT2D eigenvalue weighted by Crippen LogP contribution is -2.43. The van der Waals surface area contributed by atoms with Crippen LogP contribution in [0.4, 0.5) is 5.69 Å². The zero-order valence-electron chi connectivity index (χ0n) is 11.6. The molecule has 20 heavy (non-hydrogen) atoms. The Balaban J connectivity index is 1.84. The Hall–Kier alpha value is -1.52. The van der Waals surface area contributed by atoms with Gasteiger partial charge >= 0.3 is 0 Å². The van der Waals surface area contributed by atoms with Gasteiger partial charge in [-0.3, -0.25) is 4.68 Å². The molecule has 4 nitrogen and oxygen atoms in total. The fourth-order valence-electron chi connectivity index (χ4n) is 2.62. The largest absolute Gasteiger partial charge is 0.366 e. The Morgan fingerprint density at radius 3 is 2.60 bits per heavy atom. The molecule has 1 aliphatic heterocycles. The summed E-state index contributed by atoms with van der Waals surface area (Å²) in [5, 5.41) is 8.60. The van der Waals surface area contributed by atoms with Crippen LogP contribution in [0, 0.1) is 0 Å². The summed E-state index contributed by atoms with van der Waals surface area (Å²) in [6.45, 7) is 4.16. The molecular formula is C15H19ClN4. The second kappa shape index (κ2) is 5.85. The van der Waals surface area contributed by atoms with Gasteiger partial charge in [-0.25, -0.2) is 0 Å². The van der Waals surface area contributed by atoms with E-state index in [2.05, 4.69) is 27.4 Å². The van der Waals surface area contributed by atoms with Crippen molar-refractivity contribution in [3.05, 3.63) is 46.7 Å². The van der Waals surface area contributed by atoms with Crippen molar-refractivity contribution in [2.24, 2.45) is 7.05 Å². The van der Waals surface area contributed by atoms with Gasteiger partial charge in [-0.1, -0.05) is 23.7 Å². The highest BCUT2D eigenvalue weighted by Gasteiger charge is 2.17. The average molecular weight is 291 g/mol. The van der Waals surface area contributed by atoms with E-state index in [1.54, 1.807) is 0 Å². The maximum absolute atomic E-state index is 5.95. The molecule has 1 saturated heterocycles. The molecule has 3 rings (SSSR count). The molecule has 0 aliphatic carbocycles. The van der Waals surface area contributed by atoms with E-state index in [0.29, 0.717) is 0 Å². The molecule has 2 aromatic rings. The molecule has 5 heteroatoms. The summed E-state index contributed by atoms with van der Waals surface area (Å²) in [5.41, 5.74) is 3.77. The first-order valence-electron chi connectivity index (χ1n) is 6.95. The molecule has 1 fully saturated rings. The predicted octanol–water partition coefficient (Wildman–Crippen LogP) is 2.07. The fraction of sp³-hybridized carbons (Fsp3) is 0.400. The highest BCUT2D eigenvalue weighted by molar-refractivity contribution is 6.30. The summed E-state index contributed by atoms with van der Waals surface area (Å²) >= 11 is 5.95. The van der Waals surface area contributed by atoms with E-state index < -0.39 is 0 Å². The summed E-state index contributed by atoms with van der Waals surface area (Å²) in [7, 11) is 2.01. The first-order valence-corrected chi connectivity index (χ1v) is 7.33. The number of piperazine rings is 1. The van der Waals surface area contributed by atoms with Gasteiger partial charge in [0.1, 0.15) is 0 Å².